The number of carbonyl (C=O) groups is 1. The van der Waals surface area contributed by atoms with Gasteiger partial charge in [0.15, 0.2) is 5.89 Å². The highest BCUT2D eigenvalue weighted by molar-refractivity contribution is 5.78. The molecule has 1 saturated heterocycles. The fourth-order valence-corrected chi connectivity index (χ4v) is 3.42. The first kappa shape index (κ1) is 20.7. The molecule has 154 valence electrons. The molecule has 0 radical (unpaired) electrons. The number of hydrogen-bond donors (Lipinski definition) is 0. The first-order valence-corrected chi connectivity index (χ1v) is 9.80. The molecule has 1 fully saturated rings. The minimum Gasteiger partial charge on any atom is -0.494 e. The summed E-state index contributed by atoms with van der Waals surface area (Å²) < 4.78 is 11.0. The van der Waals surface area contributed by atoms with Gasteiger partial charge in [0.1, 0.15) is 11.8 Å². The van der Waals surface area contributed by atoms with Crippen LogP contribution >= 0.6 is 0 Å². The highest BCUT2D eigenvalue weighted by Crippen LogP contribution is 2.22. The average Bonchev–Trinajstić information content (AvgIpc) is 3.10. The number of nitrogens with zero attached hydrogens (tertiary/aromatic N) is 5. The molecular weight excluding hydrogens is 370 g/mol. The van der Waals surface area contributed by atoms with Crippen molar-refractivity contribution in [1.82, 2.24) is 14.8 Å². The highest BCUT2D eigenvalue weighted by atomic mass is 16.5. The summed E-state index contributed by atoms with van der Waals surface area (Å²) in [6.07, 6.45) is 0. The normalized spacial score (nSPS) is 14.2. The van der Waals surface area contributed by atoms with Gasteiger partial charge in [-0.2, -0.15) is 5.26 Å². The molecule has 1 aromatic heterocycles. The monoisotopic (exact) mass is 397 g/mol. The number of piperazine rings is 1. The van der Waals surface area contributed by atoms with Crippen LogP contribution in [0, 0.1) is 18.3 Å². The molecule has 0 saturated carbocycles. The zero-order valence-corrected chi connectivity index (χ0v) is 17.2. The molecule has 3 rings (SSSR count). The van der Waals surface area contributed by atoms with Gasteiger partial charge in [0, 0.05) is 39.6 Å². The van der Waals surface area contributed by atoms with Gasteiger partial charge in [-0.25, -0.2) is 4.98 Å². The van der Waals surface area contributed by atoms with Crippen LogP contribution in [0.3, 0.4) is 0 Å². The third-order valence-corrected chi connectivity index (χ3v) is 4.83. The lowest BCUT2D eigenvalue weighted by Gasteiger charge is -2.35. The molecule has 0 atom stereocenters. The molecule has 0 N–H and O–H groups in total. The van der Waals surface area contributed by atoms with Crippen molar-refractivity contribution in [2.24, 2.45) is 0 Å². The number of aryl methyl sites for hydroxylation is 1. The van der Waals surface area contributed by atoms with Crippen LogP contribution in [0.15, 0.2) is 28.7 Å². The van der Waals surface area contributed by atoms with Crippen molar-refractivity contribution < 1.29 is 13.9 Å². The lowest BCUT2D eigenvalue weighted by molar-refractivity contribution is -0.132. The number of amides is 1. The fourth-order valence-electron chi connectivity index (χ4n) is 3.42. The molecule has 2 heterocycles. The molecule has 8 nitrogen and oxygen atoms in total. The van der Waals surface area contributed by atoms with Gasteiger partial charge in [0.25, 0.3) is 0 Å². The summed E-state index contributed by atoms with van der Waals surface area (Å²) >= 11 is 0. The largest absolute Gasteiger partial charge is 0.494 e. The van der Waals surface area contributed by atoms with Crippen molar-refractivity contribution in [2.45, 2.75) is 20.4 Å². The highest BCUT2D eigenvalue weighted by Gasteiger charge is 2.26. The zero-order valence-electron chi connectivity index (χ0n) is 17.2. The van der Waals surface area contributed by atoms with E-state index in [1.807, 2.05) is 52.9 Å². The number of likely N-dealkylation sites (N-methyl/N-ethyl adjacent to an activating group) is 1. The van der Waals surface area contributed by atoms with Gasteiger partial charge < -0.3 is 19.0 Å². The Balaban J connectivity index is 1.48. The van der Waals surface area contributed by atoms with Crippen LogP contribution in [0.5, 0.6) is 5.75 Å². The van der Waals surface area contributed by atoms with E-state index < -0.39 is 0 Å². The summed E-state index contributed by atoms with van der Waals surface area (Å²) in [5.41, 5.74) is 1.44. The zero-order chi connectivity index (χ0) is 20.8. The van der Waals surface area contributed by atoms with Crippen molar-refractivity contribution in [3.05, 3.63) is 41.4 Å². The maximum absolute atomic E-state index is 12.7. The van der Waals surface area contributed by atoms with E-state index in [2.05, 4.69) is 11.1 Å². The van der Waals surface area contributed by atoms with Gasteiger partial charge in [0.05, 0.1) is 13.2 Å². The van der Waals surface area contributed by atoms with Crippen LogP contribution in [0.2, 0.25) is 0 Å². The number of anilines is 1. The molecule has 0 bridgehead atoms. The van der Waals surface area contributed by atoms with Crippen molar-refractivity contribution >= 4 is 11.8 Å². The Morgan fingerprint density at radius 2 is 1.97 bits per heavy atom. The lowest BCUT2D eigenvalue weighted by atomic mass is 10.2. The second-order valence-electron chi connectivity index (χ2n) is 7.12. The van der Waals surface area contributed by atoms with Gasteiger partial charge in [-0.1, -0.05) is 12.1 Å². The van der Waals surface area contributed by atoms with Crippen LogP contribution in [0.4, 0.5) is 5.88 Å². The Labute approximate surface area is 171 Å². The molecule has 0 spiro atoms. The molecule has 0 aliphatic carbocycles. The minimum absolute atomic E-state index is 0.104. The van der Waals surface area contributed by atoms with E-state index in [9.17, 15) is 10.1 Å². The van der Waals surface area contributed by atoms with Crippen molar-refractivity contribution in [2.75, 3.05) is 51.3 Å². The predicted octanol–water partition coefficient (Wildman–Crippen LogP) is 2.03. The molecule has 8 heteroatoms. The Bertz CT molecular complexity index is 863. The van der Waals surface area contributed by atoms with Crippen molar-refractivity contribution in [1.29, 1.82) is 5.26 Å². The summed E-state index contributed by atoms with van der Waals surface area (Å²) in [7, 11) is 1.95. The second-order valence-corrected chi connectivity index (χ2v) is 7.12. The Kier molecular flexibility index (Phi) is 6.73. The molecule has 1 aromatic carbocycles. The Hall–Kier alpha value is -3.05. The van der Waals surface area contributed by atoms with E-state index in [0.717, 1.165) is 11.3 Å². The average molecular weight is 397 g/mol. The van der Waals surface area contributed by atoms with Gasteiger partial charge in [0.2, 0.25) is 17.5 Å². The third kappa shape index (κ3) is 5.27. The van der Waals surface area contributed by atoms with E-state index in [-0.39, 0.29) is 5.91 Å². The number of aromatic nitrogens is 1. The maximum atomic E-state index is 12.7. The van der Waals surface area contributed by atoms with Crippen molar-refractivity contribution in [3.63, 3.8) is 0 Å². The number of rotatable bonds is 7. The first-order chi connectivity index (χ1) is 14.0. The summed E-state index contributed by atoms with van der Waals surface area (Å²) in [5, 5.41) is 9.19. The van der Waals surface area contributed by atoms with Gasteiger partial charge >= 0.3 is 0 Å². The Morgan fingerprint density at radius 1 is 1.28 bits per heavy atom. The summed E-state index contributed by atoms with van der Waals surface area (Å²) in [4.78, 5) is 22.6. The van der Waals surface area contributed by atoms with Gasteiger partial charge in [-0.15, -0.1) is 0 Å². The molecule has 1 aliphatic rings. The summed E-state index contributed by atoms with van der Waals surface area (Å²) in [5.74, 6) is 1.94. The SMILES string of the molecule is CCOc1ccc(CN(C)CC(=O)N2CCN(c3oc(C)nc3C#N)CC2)cc1. The molecule has 0 unspecified atom stereocenters. The van der Waals surface area contributed by atoms with Crippen molar-refractivity contribution in [3.8, 4) is 11.8 Å². The molecule has 29 heavy (non-hydrogen) atoms. The number of carbonyl (C=O) groups excluding carboxylic acids is 1. The van der Waals surface area contributed by atoms with E-state index in [0.29, 0.717) is 63.3 Å². The summed E-state index contributed by atoms with van der Waals surface area (Å²) in [6, 6.07) is 10.0. The van der Waals surface area contributed by atoms with E-state index >= 15 is 0 Å². The molecular formula is C21H27N5O3. The number of oxazole rings is 1. The fraction of sp³-hybridized carbons (Fsp3) is 0.476. The quantitative estimate of drug-likeness (QED) is 0.707. The van der Waals surface area contributed by atoms with Crippen LogP contribution in [0.1, 0.15) is 24.1 Å². The van der Waals surface area contributed by atoms with E-state index in [1.165, 1.54) is 0 Å². The number of benzene rings is 1. The van der Waals surface area contributed by atoms with Crippen LogP contribution in [-0.2, 0) is 11.3 Å². The van der Waals surface area contributed by atoms with Crippen LogP contribution in [0.25, 0.3) is 0 Å². The van der Waals surface area contributed by atoms with Gasteiger partial charge in [-0.05, 0) is 31.7 Å². The number of hydrogen-bond acceptors (Lipinski definition) is 7. The topological polar surface area (TPSA) is 85.8 Å². The van der Waals surface area contributed by atoms with E-state index in [4.69, 9.17) is 9.15 Å². The standard InChI is InChI=1S/C21H27N5O3/c1-4-28-18-7-5-17(6-8-18)14-24(3)15-20(27)25-9-11-26(12-10-25)21-19(13-22)23-16(2)29-21/h5-8H,4,9-12,14-15H2,1-3H3. The smallest absolute Gasteiger partial charge is 0.236 e. The number of nitriles is 1. The lowest BCUT2D eigenvalue weighted by Crippen LogP contribution is -2.51. The number of ether oxygens (including phenoxy) is 1. The Morgan fingerprint density at radius 3 is 2.59 bits per heavy atom. The predicted molar refractivity (Wildman–Crippen MR) is 109 cm³/mol. The second kappa shape index (κ2) is 9.43. The van der Waals surface area contributed by atoms with Gasteiger partial charge in [-0.3, -0.25) is 9.69 Å². The maximum Gasteiger partial charge on any atom is 0.236 e. The molecule has 2 aromatic rings. The minimum atomic E-state index is 0.104. The third-order valence-electron chi connectivity index (χ3n) is 4.83. The molecule has 1 aliphatic heterocycles. The first-order valence-electron chi connectivity index (χ1n) is 9.80. The van der Waals surface area contributed by atoms with Crippen LogP contribution in [-0.4, -0.2) is 67.1 Å². The summed E-state index contributed by atoms with van der Waals surface area (Å²) in [6.45, 7) is 7.83. The van der Waals surface area contributed by atoms with E-state index in [1.54, 1.807) is 6.92 Å². The molecule has 1 amide bonds. The van der Waals surface area contributed by atoms with Crippen LogP contribution < -0.4 is 9.64 Å².